The van der Waals surface area contributed by atoms with Crippen molar-refractivity contribution in [1.82, 2.24) is 4.98 Å². The highest BCUT2D eigenvalue weighted by atomic mass is 79.9. The fourth-order valence-corrected chi connectivity index (χ4v) is 2.20. The molecule has 0 N–H and O–H groups in total. The summed E-state index contributed by atoms with van der Waals surface area (Å²) in [5, 5.41) is 5.33. The van der Waals surface area contributed by atoms with Crippen LogP contribution in [-0.2, 0) is 0 Å². The van der Waals surface area contributed by atoms with Gasteiger partial charge in [-0.3, -0.25) is 4.98 Å². The van der Waals surface area contributed by atoms with Crippen LogP contribution in [0.25, 0.3) is 10.9 Å². The third kappa shape index (κ3) is 0.859. The van der Waals surface area contributed by atoms with Gasteiger partial charge in [0.2, 0.25) is 0 Å². The Hall–Kier alpha value is -0.410. The molecular formula is C7H4BrNS. The minimum absolute atomic E-state index is 1.07. The summed E-state index contributed by atoms with van der Waals surface area (Å²) in [6.07, 6.45) is 1.80. The van der Waals surface area contributed by atoms with Crippen LogP contribution in [0.1, 0.15) is 0 Å². The van der Waals surface area contributed by atoms with Gasteiger partial charge in [-0.1, -0.05) is 15.9 Å². The Morgan fingerprint density at radius 2 is 2.30 bits per heavy atom. The van der Waals surface area contributed by atoms with E-state index in [0.717, 1.165) is 9.99 Å². The van der Waals surface area contributed by atoms with Gasteiger partial charge in [-0.2, -0.15) is 0 Å². The van der Waals surface area contributed by atoms with Gasteiger partial charge in [-0.25, -0.2) is 0 Å². The first-order valence-electron chi connectivity index (χ1n) is 2.84. The second-order valence-electron chi connectivity index (χ2n) is 1.96. The summed E-state index contributed by atoms with van der Waals surface area (Å²) in [6.45, 7) is 0. The number of hydrogen-bond donors (Lipinski definition) is 0. The van der Waals surface area contributed by atoms with Gasteiger partial charge in [0.15, 0.2) is 0 Å². The molecule has 0 aromatic carbocycles. The van der Waals surface area contributed by atoms with E-state index >= 15 is 0 Å². The molecule has 0 atom stereocenters. The van der Waals surface area contributed by atoms with Crippen molar-refractivity contribution in [2.75, 3.05) is 0 Å². The fraction of sp³-hybridized carbons (Fsp3) is 0. The molecular weight excluding hydrogens is 210 g/mol. The van der Waals surface area contributed by atoms with Crippen LogP contribution in [0.15, 0.2) is 27.5 Å². The van der Waals surface area contributed by atoms with Crippen LogP contribution in [0.2, 0.25) is 0 Å². The molecule has 0 saturated heterocycles. The van der Waals surface area contributed by atoms with Crippen LogP contribution in [-0.4, -0.2) is 4.98 Å². The first kappa shape index (κ1) is 6.31. The van der Waals surface area contributed by atoms with Crippen molar-refractivity contribution in [3.8, 4) is 0 Å². The summed E-state index contributed by atoms with van der Waals surface area (Å²) in [6, 6.07) is 1.95. The molecule has 0 amide bonds. The van der Waals surface area contributed by atoms with Gasteiger partial charge >= 0.3 is 0 Å². The third-order valence-electron chi connectivity index (χ3n) is 1.33. The monoisotopic (exact) mass is 213 g/mol. The largest absolute Gasteiger partial charge is 0.255 e. The molecule has 0 spiro atoms. The maximum Gasteiger partial charge on any atom is 0.0820 e. The molecule has 2 aromatic rings. The van der Waals surface area contributed by atoms with Gasteiger partial charge < -0.3 is 0 Å². The summed E-state index contributed by atoms with van der Waals surface area (Å²) >= 11 is 5.12. The van der Waals surface area contributed by atoms with E-state index in [1.54, 1.807) is 17.5 Å². The van der Waals surface area contributed by atoms with Crippen molar-refractivity contribution in [1.29, 1.82) is 0 Å². The second kappa shape index (κ2) is 2.32. The average molecular weight is 214 g/mol. The van der Waals surface area contributed by atoms with Gasteiger partial charge in [-0.15, -0.1) is 11.3 Å². The first-order chi connectivity index (χ1) is 4.88. The van der Waals surface area contributed by atoms with E-state index < -0.39 is 0 Å². The first-order valence-corrected chi connectivity index (χ1v) is 4.58. The van der Waals surface area contributed by atoms with Crippen LogP contribution >= 0.6 is 27.3 Å². The molecule has 3 heteroatoms. The van der Waals surface area contributed by atoms with E-state index in [1.165, 1.54) is 5.39 Å². The minimum atomic E-state index is 1.07. The standard InChI is InChI=1S/C7H4BrNS/c8-6-1-2-9-7-4-10-3-5(6)7/h1-4H. The van der Waals surface area contributed by atoms with E-state index in [4.69, 9.17) is 0 Å². The van der Waals surface area contributed by atoms with Crippen molar-refractivity contribution >= 4 is 38.2 Å². The van der Waals surface area contributed by atoms with E-state index in [0.29, 0.717) is 0 Å². The lowest BCUT2D eigenvalue weighted by Gasteiger charge is -1.89. The van der Waals surface area contributed by atoms with Crippen molar-refractivity contribution in [2.24, 2.45) is 0 Å². The van der Waals surface area contributed by atoms with Crippen LogP contribution in [0.4, 0.5) is 0 Å². The molecule has 1 nitrogen and oxygen atoms in total. The van der Waals surface area contributed by atoms with Gasteiger partial charge in [0.1, 0.15) is 0 Å². The lowest BCUT2D eigenvalue weighted by atomic mass is 10.3. The number of hydrogen-bond acceptors (Lipinski definition) is 2. The molecule has 0 saturated carbocycles. The topological polar surface area (TPSA) is 12.9 Å². The summed E-state index contributed by atoms with van der Waals surface area (Å²) in [5.74, 6) is 0. The van der Waals surface area contributed by atoms with Crippen LogP contribution in [0.3, 0.4) is 0 Å². The van der Waals surface area contributed by atoms with Crippen molar-refractivity contribution < 1.29 is 0 Å². The number of halogens is 1. The molecule has 10 heavy (non-hydrogen) atoms. The van der Waals surface area contributed by atoms with Crippen molar-refractivity contribution in [3.63, 3.8) is 0 Å². The summed E-state index contributed by atoms with van der Waals surface area (Å²) in [5.41, 5.74) is 1.07. The van der Waals surface area contributed by atoms with Crippen molar-refractivity contribution in [2.45, 2.75) is 0 Å². The zero-order chi connectivity index (χ0) is 6.97. The molecule has 0 aliphatic rings. The maximum atomic E-state index is 4.18. The second-order valence-corrected chi connectivity index (χ2v) is 3.56. The van der Waals surface area contributed by atoms with E-state index in [2.05, 4.69) is 26.3 Å². The lowest BCUT2D eigenvalue weighted by Crippen LogP contribution is -1.70. The molecule has 0 fully saturated rings. The number of thiophene rings is 1. The Morgan fingerprint density at radius 1 is 1.40 bits per heavy atom. The summed E-state index contributed by atoms with van der Waals surface area (Å²) < 4.78 is 1.12. The number of rotatable bonds is 0. The smallest absolute Gasteiger partial charge is 0.0820 e. The molecule has 0 aliphatic carbocycles. The highest BCUT2D eigenvalue weighted by Gasteiger charge is 1.97. The Labute approximate surface area is 70.8 Å². The molecule has 0 bridgehead atoms. The summed E-state index contributed by atoms with van der Waals surface area (Å²) in [4.78, 5) is 4.18. The number of nitrogens with zero attached hydrogens (tertiary/aromatic N) is 1. The van der Waals surface area contributed by atoms with Crippen LogP contribution < -0.4 is 0 Å². The van der Waals surface area contributed by atoms with Gasteiger partial charge in [0.05, 0.1) is 5.52 Å². The molecule has 0 unspecified atom stereocenters. The van der Waals surface area contributed by atoms with Crippen LogP contribution in [0, 0.1) is 0 Å². The Balaban J connectivity index is 2.95. The molecule has 2 aromatic heterocycles. The fourth-order valence-electron chi connectivity index (χ4n) is 0.842. The molecule has 2 rings (SSSR count). The lowest BCUT2D eigenvalue weighted by molar-refractivity contribution is 1.42. The minimum Gasteiger partial charge on any atom is -0.255 e. The Morgan fingerprint density at radius 3 is 3.10 bits per heavy atom. The highest BCUT2D eigenvalue weighted by Crippen LogP contribution is 2.24. The highest BCUT2D eigenvalue weighted by molar-refractivity contribution is 9.10. The maximum absolute atomic E-state index is 4.18. The quantitative estimate of drug-likeness (QED) is 0.656. The normalized spacial score (nSPS) is 10.5. The molecule has 0 aliphatic heterocycles. The number of pyridine rings is 1. The molecule has 2 heterocycles. The van der Waals surface area contributed by atoms with E-state index in [-0.39, 0.29) is 0 Å². The predicted octanol–water partition coefficient (Wildman–Crippen LogP) is 3.06. The van der Waals surface area contributed by atoms with Gasteiger partial charge in [0, 0.05) is 26.8 Å². The zero-order valence-corrected chi connectivity index (χ0v) is 7.45. The van der Waals surface area contributed by atoms with E-state index in [1.807, 2.05) is 11.4 Å². The van der Waals surface area contributed by atoms with Gasteiger partial charge in [0.25, 0.3) is 0 Å². The van der Waals surface area contributed by atoms with Crippen molar-refractivity contribution in [3.05, 3.63) is 27.5 Å². The average Bonchev–Trinajstić information content (AvgIpc) is 2.36. The number of fused-ring (bicyclic) bond motifs is 1. The predicted molar refractivity (Wildman–Crippen MR) is 47.3 cm³/mol. The third-order valence-corrected chi connectivity index (χ3v) is 2.76. The van der Waals surface area contributed by atoms with E-state index in [9.17, 15) is 0 Å². The zero-order valence-electron chi connectivity index (χ0n) is 5.04. The van der Waals surface area contributed by atoms with Gasteiger partial charge in [-0.05, 0) is 6.07 Å². The molecule has 50 valence electrons. The Kier molecular flexibility index (Phi) is 1.47. The SMILES string of the molecule is Brc1ccnc2cscc12. The summed E-state index contributed by atoms with van der Waals surface area (Å²) in [7, 11) is 0. The Bertz CT molecular complexity index is 355. The molecule has 0 radical (unpaired) electrons. The van der Waals surface area contributed by atoms with Crippen LogP contribution in [0.5, 0.6) is 0 Å². The number of aromatic nitrogens is 1.